The number of para-hydroxylation sites is 1. The van der Waals surface area contributed by atoms with Crippen molar-refractivity contribution in [3.8, 4) is 0 Å². The van der Waals surface area contributed by atoms with Gasteiger partial charge >= 0.3 is 0 Å². The van der Waals surface area contributed by atoms with E-state index in [2.05, 4.69) is 5.32 Å². The van der Waals surface area contributed by atoms with Crippen LogP contribution in [-0.4, -0.2) is 31.6 Å². The minimum atomic E-state index is -3.30. The Labute approximate surface area is 176 Å². The average molecular weight is 422 g/mol. The highest BCUT2D eigenvalue weighted by molar-refractivity contribution is 7.92. The maximum absolute atomic E-state index is 13.2. The SMILES string of the molecule is O=C(Nc1cccc(N2CCCCS2(=O)=O)c1)c1cc(C2CC2)nc2ccccc12. The van der Waals surface area contributed by atoms with Crippen LogP contribution in [-0.2, 0) is 10.0 Å². The van der Waals surface area contributed by atoms with E-state index in [0.717, 1.165) is 35.9 Å². The number of sulfonamides is 1. The Balaban J connectivity index is 1.46. The molecule has 1 amide bonds. The van der Waals surface area contributed by atoms with Crippen LogP contribution in [0.3, 0.4) is 0 Å². The number of nitrogens with zero attached hydrogens (tertiary/aromatic N) is 2. The number of anilines is 2. The van der Waals surface area contributed by atoms with Crippen LogP contribution in [0.2, 0.25) is 0 Å². The maximum Gasteiger partial charge on any atom is 0.256 e. The molecule has 5 rings (SSSR count). The van der Waals surface area contributed by atoms with Crippen LogP contribution in [0.4, 0.5) is 11.4 Å². The van der Waals surface area contributed by atoms with Crippen LogP contribution in [0.15, 0.2) is 54.6 Å². The molecule has 0 unspecified atom stereocenters. The van der Waals surface area contributed by atoms with E-state index in [-0.39, 0.29) is 11.7 Å². The van der Waals surface area contributed by atoms with Gasteiger partial charge in [0.1, 0.15) is 0 Å². The number of rotatable bonds is 4. The second-order valence-corrected chi connectivity index (χ2v) is 10.00. The van der Waals surface area contributed by atoms with Gasteiger partial charge in [0, 0.05) is 29.2 Å². The summed E-state index contributed by atoms with van der Waals surface area (Å²) >= 11 is 0. The first-order chi connectivity index (χ1) is 14.5. The van der Waals surface area contributed by atoms with Crippen molar-refractivity contribution < 1.29 is 13.2 Å². The minimum absolute atomic E-state index is 0.163. The molecule has 1 saturated carbocycles. The highest BCUT2D eigenvalue weighted by Gasteiger charge is 2.28. The van der Waals surface area contributed by atoms with Gasteiger partial charge in [-0.15, -0.1) is 0 Å². The van der Waals surface area contributed by atoms with E-state index < -0.39 is 10.0 Å². The van der Waals surface area contributed by atoms with Crippen molar-refractivity contribution >= 4 is 38.2 Å². The Hall–Kier alpha value is -2.93. The van der Waals surface area contributed by atoms with Crippen molar-refractivity contribution in [2.75, 3.05) is 21.9 Å². The quantitative estimate of drug-likeness (QED) is 0.681. The Kier molecular flexibility index (Phi) is 4.70. The summed E-state index contributed by atoms with van der Waals surface area (Å²) < 4.78 is 26.3. The monoisotopic (exact) mass is 421 g/mol. The Morgan fingerprint density at radius 3 is 2.67 bits per heavy atom. The van der Waals surface area contributed by atoms with E-state index in [4.69, 9.17) is 4.98 Å². The molecule has 0 spiro atoms. The molecule has 1 saturated heterocycles. The third-order valence-corrected chi connectivity index (χ3v) is 7.59. The first kappa shape index (κ1) is 19.1. The van der Waals surface area contributed by atoms with Gasteiger partial charge in [0.25, 0.3) is 5.91 Å². The average Bonchev–Trinajstić information content (AvgIpc) is 3.58. The van der Waals surface area contributed by atoms with Gasteiger partial charge in [-0.2, -0.15) is 0 Å². The largest absolute Gasteiger partial charge is 0.322 e. The molecule has 3 aromatic rings. The highest BCUT2D eigenvalue weighted by Crippen LogP contribution is 2.40. The molecule has 0 atom stereocenters. The third kappa shape index (κ3) is 3.65. The maximum atomic E-state index is 13.2. The summed E-state index contributed by atoms with van der Waals surface area (Å²) in [6.07, 6.45) is 3.74. The Morgan fingerprint density at radius 2 is 1.87 bits per heavy atom. The summed E-state index contributed by atoms with van der Waals surface area (Å²) in [7, 11) is -3.30. The third-order valence-electron chi connectivity index (χ3n) is 5.72. The zero-order valence-corrected chi connectivity index (χ0v) is 17.4. The number of fused-ring (bicyclic) bond motifs is 1. The van der Waals surface area contributed by atoms with Gasteiger partial charge < -0.3 is 5.32 Å². The van der Waals surface area contributed by atoms with Crippen LogP contribution >= 0.6 is 0 Å². The van der Waals surface area contributed by atoms with Crippen molar-refractivity contribution in [1.29, 1.82) is 0 Å². The molecule has 30 heavy (non-hydrogen) atoms. The van der Waals surface area contributed by atoms with Crippen LogP contribution in [0.25, 0.3) is 10.9 Å². The van der Waals surface area contributed by atoms with Crippen molar-refractivity contribution in [2.45, 2.75) is 31.6 Å². The molecule has 0 radical (unpaired) electrons. The number of benzene rings is 2. The fourth-order valence-electron chi connectivity index (χ4n) is 3.99. The summed E-state index contributed by atoms with van der Waals surface area (Å²) in [4.78, 5) is 17.9. The lowest BCUT2D eigenvalue weighted by Crippen LogP contribution is -2.37. The van der Waals surface area contributed by atoms with Gasteiger partial charge in [0.2, 0.25) is 10.0 Å². The van der Waals surface area contributed by atoms with Gasteiger partial charge in [0.05, 0.1) is 22.5 Å². The smallest absolute Gasteiger partial charge is 0.256 e. The second kappa shape index (κ2) is 7.40. The summed E-state index contributed by atoms with van der Waals surface area (Å²) in [5, 5.41) is 3.77. The molecule has 1 aliphatic carbocycles. The lowest BCUT2D eigenvalue weighted by molar-refractivity contribution is 0.102. The zero-order valence-electron chi connectivity index (χ0n) is 16.5. The van der Waals surface area contributed by atoms with Gasteiger partial charge in [-0.05, 0) is 56.0 Å². The molecule has 6 nitrogen and oxygen atoms in total. The Morgan fingerprint density at radius 1 is 1.03 bits per heavy atom. The van der Waals surface area contributed by atoms with Crippen molar-refractivity contribution in [2.24, 2.45) is 0 Å². The molecule has 2 fully saturated rings. The number of pyridine rings is 1. The van der Waals surface area contributed by atoms with Crippen LogP contribution in [0.1, 0.15) is 47.7 Å². The predicted molar refractivity (Wildman–Crippen MR) is 118 cm³/mol. The number of carbonyl (C=O) groups excluding carboxylic acids is 1. The fraction of sp³-hybridized carbons (Fsp3) is 0.304. The van der Waals surface area contributed by atoms with Crippen LogP contribution < -0.4 is 9.62 Å². The lowest BCUT2D eigenvalue weighted by Gasteiger charge is -2.28. The highest BCUT2D eigenvalue weighted by atomic mass is 32.2. The van der Waals surface area contributed by atoms with E-state index in [0.29, 0.717) is 35.8 Å². The van der Waals surface area contributed by atoms with E-state index in [9.17, 15) is 13.2 Å². The normalized spacial score (nSPS) is 18.3. The molecule has 2 aliphatic rings. The molecule has 1 aromatic heterocycles. The van der Waals surface area contributed by atoms with Crippen LogP contribution in [0.5, 0.6) is 0 Å². The van der Waals surface area contributed by atoms with Crippen molar-refractivity contribution in [3.63, 3.8) is 0 Å². The second-order valence-electron chi connectivity index (χ2n) is 7.99. The number of carbonyl (C=O) groups is 1. The van der Waals surface area contributed by atoms with Gasteiger partial charge in [-0.25, -0.2) is 8.42 Å². The van der Waals surface area contributed by atoms with Crippen LogP contribution in [0, 0.1) is 0 Å². The van der Waals surface area contributed by atoms with Gasteiger partial charge in [0.15, 0.2) is 0 Å². The molecule has 2 aromatic carbocycles. The number of nitrogens with one attached hydrogen (secondary N) is 1. The summed E-state index contributed by atoms with van der Waals surface area (Å²) in [6, 6.07) is 16.6. The summed E-state index contributed by atoms with van der Waals surface area (Å²) in [6.45, 7) is 0.472. The van der Waals surface area contributed by atoms with E-state index >= 15 is 0 Å². The topological polar surface area (TPSA) is 79.4 Å². The van der Waals surface area contributed by atoms with E-state index in [1.54, 1.807) is 24.3 Å². The molecule has 1 N–H and O–H groups in total. The van der Waals surface area contributed by atoms with Gasteiger partial charge in [-0.3, -0.25) is 14.1 Å². The predicted octanol–water partition coefficient (Wildman–Crippen LogP) is 4.29. The summed E-state index contributed by atoms with van der Waals surface area (Å²) in [5.74, 6) is 0.388. The molecule has 154 valence electrons. The molecule has 2 heterocycles. The lowest BCUT2D eigenvalue weighted by atomic mass is 10.1. The van der Waals surface area contributed by atoms with E-state index in [1.165, 1.54) is 4.31 Å². The number of amides is 1. The Bertz CT molecular complexity index is 1240. The number of hydrogen-bond donors (Lipinski definition) is 1. The molecular formula is C23H23N3O3S. The first-order valence-electron chi connectivity index (χ1n) is 10.3. The molecule has 1 aliphatic heterocycles. The molecule has 7 heteroatoms. The van der Waals surface area contributed by atoms with Gasteiger partial charge in [-0.1, -0.05) is 24.3 Å². The number of hydrogen-bond acceptors (Lipinski definition) is 4. The van der Waals surface area contributed by atoms with E-state index in [1.807, 2.05) is 30.3 Å². The first-order valence-corrected chi connectivity index (χ1v) is 11.9. The standard InChI is InChI=1S/C23H23N3O3S/c27-23(20-15-22(16-10-11-16)25-21-9-2-1-8-19(20)21)24-17-6-5-7-18(14-17)26-12-3-4-13-30(26,28)29/h1-2,5-9,14-16H,3-4,10-13H2,(H,24,27). The fourth-order valence-corrected chi connectivity index (χ4v) is 5.62. The van der Waals surface area contributed by atoms with Crippen molar-refractivity contribution in [3.05, 3.63) is 65.9 Å². The number of aromatic nitrogens is 1. The van der Waals surface area contributed by atoms with Crippen molar-refractivity contribution in [1.82, 2.24) is 4.98 Å². The summed E-state index contributed by atoms with van der Waals surface area (Å²) in [5.41, 5.74) is 3.55. The molecule has 0 bridgehead atoms. The molecular weight excluding hydrogens is 398 g/mol. The zero-order chi connectivity index (χ0) is 20.7. The minimum Gasteiger partial charge on any atom is -0.322 e.